The molecule has 9 nitrogen and oxygen atoms in total. The number of aliphatic hydroxyl groups excluding tert-OH is 1. The zero-order chi connectivity index (χ0) is 21.6. The summed E-state index contributed by atoms with van der Waals surface area (Å²) in [5.41, 5.74) is 1.72. The molecule has 5 rings (SSSR count). The first-order chi connectivity index (χ1) is 15.0. The van der Waals surface area contributed by atoms with E-state index in [4.69, 9.17) is 0 Å². The Bertz CT molecular complexity index is 1090. The highest BCUT2D eigenvalue weighted by Gasteiger charge is 2.47. The zero-order valence-corrected chi connectivity index (χ0v) is 17.6. The van der Waals surface area contributed by atoms with E-state index in [1.165, 1.54) is 6.33 Å². The summed E-state index contributed by atoms with van der Waals surface area (Å²) >= 11 is 0. The molecule has 2 atom stereocenters. The van der Waals surface area contributed by atoms with E-state index >= 15 is 0 Å². The third-order valence-corrected chi connectivity index (χ3v) is 6.84. The van der Waals surface area contributed by atoms with E-state index in [-0.39, 0.29) is 18.1 Å². The van der Waals surface area contributed by atoms with Crippen LogP contribution in [0.25, 0.3) is 0 Å². The molecule has 1 spiro atoms. The number of pyridine rings is 1. The number of aliphatic hydroxyl groups is 1. The van der Waals surface area contributed by atoms with Crippen LogP contribution in [0.4, 0.5) is 11.6 Å². The van der Waals surface area contributed by atoms with Crippen molar-refractivity contribution in [2.24, 2.45) is 4.99 Å². The van der Waals surface area contributed by atoms with Crippen LogP contribution in [-0.4, -0.2) is 43.1 Å². The summed E-state index contributed by atoms with van der Waals surface area (Å²) in [4.78, 5) is 25.7. The molecule has 9 heteroatoms. The Kier molecular flexibility index (Phi) is 4.92. The van der Waals surface area contributed by atoms with Crippen molar-refractivity contribution in [2.75, 3.05) is 5.32 Å². The van der Waals surface area contributed by atoms with Gasteiger partial charge in [-0.25, -0.2) is 15.0 Å². The highest BCUT2D eigenvalue weighted by atomic mass is 16.5. The molecule has 1 amide bonds. The highest BCUT2D eigenvalue weighted by molar-refractivity contribution is 6.00. The lowest BCUT2D eigenvalue weighted by molar-refractivity contribution is 0.0892. The second kappa shape index (κ2) is 7.64. The number of carbonyl (C=O) groups is 1. The van der Waals surface area contributed by atoms with Crippen LogP contribution >= 0.6 is 0 Å². The van der Waals surface area contributed by atoms with Gasteiger partial charge in [-0.15, -0.1) is 0 Å². The lowest BCUT2D eigenvalue weighted by atomic mass is 9.79. The van der Waals surface area contributed by atoms with Gasteiger partial charge in [-0.2, -0.15) is 4.73 Å². The van der Waals surface area contributed by atoms with Crippen LogP contribution in [0.1, 0.15) is 73.0 Å². The van der Waals surface area contributed by atoms with Crippen LogP contribution in [0.15, 0.2) is 23.5 Å². The van der Waals surface area contributed by atoms with E-state index in [9.17, 15) is 15.1 Å². The first-order valence-corrected chi connectivity index (χ1v) is 11.1. The molecule has 2 aliphatic carbocycles. The van der Waals surface area contributed by atoms with Gasteiger partial charge in [0.25, 0.3) is 5.91 Å². The van der Waals surface area contributed by atoms with E-state index in [0.717, 1.165) is 61.7 Å². The van der Waals surface area contributed by atoms with E-state index in [2.05, 4.69) is 25.6 Å². The molecule has 2 saturated carbocycles. The Morgan fingerprint density at radius 3 is 2.74 bits per heavy atom. The quantitative estimate of drug-likeness (QED) is 0.561. The third kappa shape index (κ3) is 3.46. The topological polar surface area (TPSA) is 125 Å². The fourth-order valence-electron chi connectivity index (χ4n) is 5.30. The molecule has 0 unspecified atom stereocenters. The maximum absolute atomic E-state index is 12.7. The van der Waals surface area contributed by atoms with Gasteiger partial charge in [0, 0.05) is 6.07 Å². The van der Waals surface area contributed by atoms with Gasteiger partial charge in [-0.05, 0) is 50.7 Å². The summed E-state index contributed by atoms with van der Waals surface area (Å²) in [6, 6.07) is 3.37. The number of amides is 1. The van der Waals surface area contributed by atoms with Crippen LogP contribution in [0.2, 0.25) is 0 Å². The second-order valence-corrected chi connectivity index (χ2v) is 8.94. The highest BCUT2D eigenvalue weighted by Crippen LogP contribution is 2.42. The molecule has 1 aliphatic heterocycles. The molecule has 164 valence electrons. The SMILES string of the molecule is Cc1cc(=Nc2cc(N[C@@H]3CCC[C@@H]3O)ncn2)n(O)c2c1C(=O)NC21CCCCC1. The molecule has 3 heterocycles. The molecule has 4 N–H and O–H groups in total. The molecular formula is C22H28N6O3. The van der Waals surface area contributed by atoms with Crippen molar-refractivity contribution in [3.8, 4) is 0 Å². The maximum atomic E-state index is 12.7. The lowest BCUT2D eigenvalue weighted by Crippen LogP contribution is -2.43. The minimum Gasteiger partial charge on any atom is -0.427 e. The van der Waals surface area contributed by atoms with Crippen LogP contribution in [0.5, 0.6) is 0 Å². The van der Waals surface area contributed by atoms with Crippen molar-refractivity contribution in [1.82, 2.24) is 20.0 Å². The number of aromatic nitrogens is 3. The molecule has 2 aromatic heterocycles. The Morgan fingerprint density at radius 2 is 2.00 bits per heavy atom. The Labute approximate surface area is 180 Å². The predicted octanol–water partition coefficient (Wildman–Crippen LogP) is 2.28. The van der Waals surface area contributed by atoms with Gasteiger partial charge in [0.1, 0.15) is 12.1 Å². The minimum atomic E-state index is -0.535. The number of fused-ring (bicyclic) bond motifs is 2. The van der Waals surface area contributed by atoms with Crippen molar-refractivity contribution in [2.45, 2.75) is 76.0 Å². The van der Waals surface area contributed by atoms with Gasteiger partial charge in [0.05, 0.1) is 28.9 Å². The van der Waals surface area contributed by atoms with Crippen LogP contribution in [0.3, 0.4) is 0 Å². The molecule has 0 bridgehead atoms. The Hall–Kier alpha value is -2.94. The molecule has 2 aromatic rings. The smallest absolute Gasteiger partial charge is 0.254 e. The Balaban J connectivity index is 1.54. The third-order valence-electron chi connectivity index (χ3n) is 6.84. The van der Waals surface area contributed by atoms with Gasteiger partial charge in [0.2, 0.25) is 0 Å². The van der Waals surface area contributed by atoms with Crippen LogP contribution < -0.4 is 16.1 Å². The second-order valence-electron chi connectivity index (χ2n) is 8.94. The van der Waals surface area contributed by atoms with E-state index in [1.807, 2.05) is 6.92 Å². The molecule has 3 aliphatic rings. The predicted molar refractivity (Wildman–Crippen MR) is 113 cm³/mol. The first-order valence-electron chi connectivity index (χ1n) is 11.1. The Morgan fingerprint density at radius 1 is 1.19 bits per heavy atom. The summed E-state index contributed by atoms with van der Waals surface area (Å²) < 4.78 is 1.06. The minimum absolute atomic E-state index is 0.0315. The van der Waals surface area contributed by atoms with Crippen molar-refractivity contribution < 1.29 is 15.1 Å². The molecule has 31 heavy (non-hydrogen) atoms. The number of aryl methyl sites for hydroxylation is 1. The number of hydrogen-bond donors (Lipinski definition) is 4. The number of carbonyl (C=O) groups excluding carboxylic acids is 1. The fourth-order valence-corrected chi connectivity index (χ4v) is 5.30. The van der Waals surface area contributed by atoms with Crippen molar-refractivity contribution in [3.05, 3.63) is 40.8 Å². The number of hydrogen-bond acceptors (Lipinski definition) is 7. The fraction of sp³-hybridized carbons (Fsp3) is 0.545. The lowest BCUT2D eigenvalue weighted by Gasteiger charge is -2.34. The molecule has 0 radical (unpaired) electrons. The average molecular weight is 425 g/mol. The van der Waals surface area contributed by atoms with Crippen molar-refractivity contribution in [1.29, 1.82) is 0 Å². The summed E-state index contributed by atoms with van der Waals surface area (Å²) in [5.74, 6) is 0.845. The van der Waals surface area contributed by atoms with Gasteiger partial charge in [-0.3, -0.25) is 4.79 Å². The summed E-state index contributed by atoms with van der Waals surface area (Å²) in [6.07, 6.45) is 8.45. The van der Waals surface area contributed by atoms with E-state index in [1.54, 1.807) is 12.1 Å². The number of nitrogens with zero attached hydrogens (tertiary/aromatic N) is 4. The maximum Gasteiger partial charge on any atom is 0.254 e. The molecule has 2 fully saturated rings. The number of rotatable bonds is 3. The summed E-state index contributed by atoms with van der Waals surface area (Å²) in [6.45, 7) is 1.87. The van der Waals surface area contributed by atoms with Gasteiger partial charge < -0.3 is 20.9 Å². The van der Waals surface area contributed by atoms with E-state index in [0.29, 0.717) is 28.4 Å². The number of nitrogens with one attached hydrogen (secondary N) is 2. The average Bonchev–Trinajstić information content (AvgIpc) is 3.27. The molecule has 0 saturated heterocycles. The van der Waals surface area contributed by atoms with Gasteiger partial charge in [-0.1, -0.05) is 19.3 Å². The van der Waals surface area contributed by atoms with Crippen molar-refractivity contribution in [3.63, 3.8) is 0 Å². The molecule has 0 aromatic carbocycles. The van der Waals surface area contributed by atoms with E-state index < -0.39 is 5.54 Å². The normalized spacial score (nSPS) is 25.0. The zero-order valence-electron chi connectivity index (χ0n) is 17.6. The standard InChI is InChI=1S/C22H28N6O3/c1-13-10-18(26-17-11-16(23-12-24-17)25-14-6-5-7-15(14)29)28(31)20-19(13)21(30)27-22(20)8-3-2-4-9-22/h10-12,14-15,29,31H,2-9H2,1H3,(H,27,30)(H,23,24,25)/t14-,15+/m1/s1. The summed E-state index contributed by atoms with van der Waals surface area (Å²) in [5, 5.41) is 27.5. The van der Waals surface area contributed by atoms with Crippen LogP contribution in [0, 0.1) is 6.92 Å². The van der Waals surface area contributed by atoms with Gasteiger partial charge >= 0.3 is 0 Å². The molecular weight excluding hydrogens is 396 g/mol. The first kappa shape index (κ1) is 20.0. The monoisotopic (exact) mass is 424 g/mol. The van der Waals surface area contributed by atoms with Crippen molar-refractivity contribution >= 4 is 17.5 Å². The van der Waals surface area contributed by atoms with Gasteiger partial charge in [0.15, 0.2) is 11.3 Å². The summed E-state index contributed by atoms with van der Waals surface area (Å²) in [7, 11) is 0. The largest absolute Gasteiger partial charge is 0.427 e. The number of anilines is 1. The van der Waals surface area contributed by atoms with Crippen LogP contribution in [-0.2, 0) is 5.54 Å².